The Hall–Kier alpha value is -4.31. The van der Waals surface area contributed by atoms with Crippen LogP contribution in [0.15, 0.2) is 84.9 Å². The van der Waals surface area contributed by atoms with Crippen LogP contribution in [-0.4, -0.2) is 11.7 Å². The second-order valence-corrected chi connectivity index (χ2v) is 22.9. The average molecular weight is 756 g/mol. The van der Waals surface area contributed by atoms with Crippen molar-refractivity contribution in [2.75, 3.05) is 9.80 Å². The van der Waals surface area contributed by atoms with Crippen LogP contribution in [-0.2, 0) is 32.5 Å². The fraction of sp³-hybridized carbons (Fsp3) is 0.453. The largest absolute Gasteiger partial charge is 0.311 e. The van der Waals surface area contributed by atoms with Gasteiger partial charge in [0.15, 0.2) is 0 Å². The summed E-state index contributed by atoms with van der Waals surface area (Å²) in [6.45, 7) is 37.7. The van der Waals surface area contributed by atoms with Crippen molar-refractivity contribution in [3.63, 3.8) is 0 Å². The summed E-state index contributed by atoms with van der Waals surface area (Å²) in [5.41, 5.74) is 18.2. The summed E-state index contributed by atoms with van der Waals surface area (Å²) >= 11 is 0. The van der Waals surface area contributed by atoms with Crippen molar-refractivity contribution in [3.05, 3.63) is 118 Å². The van der Waals surface area contributed by atoms with Crippen molar-refractivity contribution in [3.8, 4) is 0 Å². The molecule has 3 aliphatic rings. The summed E-state index contributed by atoms with van der Waals surface area (Å²) in [4.78, 5) is 11.2. The number of pyridine rings is 1. The first kappa shape index (κ1) is 39.5. The van der Waals surface area contributed by atoms with Crippen LogP contribution in [0.25, 0.3) is 0 Å². The van der Waals surface area contributed by atoms with E-state index in [1.165, 1.54) is 72.6 Å². The van der Waals surface area contributed by atoms with Crippen LogP contribution >= 0.6 is 0 Å². The van der Waals surface area contributed by atoms with Crippen LogP contribution in [0.5, 0.6) is 0 Å². The lowest BCUT2D eigenvalue weighted by Gasteiger charge is -2.50. The number of anilines is 6. The molecular weight excluding hydrogens is 689 g/mol. The predicted octanol–water partition coefficient (Wildman–Crippen LogP) is 12.7. The summed E-state index contributed by atoms with van der Waals surface area (Å²) in [6, 6.07) is 33.5. The predicted molar refractivity (Wildman–Crippen MR) is 248 cm³/mol. The highest BCUT2D eigenvalue weighted by Gasteiger charge is 2.51. The minimum absolute atomic E-state index is 0.0109. The first-order chi connectivity index (χ1) is 26.3. The normalized spacial score (nSPS) is 17.2. The maximum absolute atomic E-state index is 6.01. The molecule has 0 N–H and O–H groups in total. The molecule has 0 bridgehead atoms. The minimum atomic E-state index is -0.0951. The molecule has 1 aliphatic carbocycles. The molecule has 0 fully saturated rings. The molecule has 0 radical (unpaired) electrons. The van der Waals surface area contributed by atoms with Gasteiger partial charge in [-0.15, -0.1) is 0 Å². The van der Waals surface area contributed by atoms with Crippen LogP contribution in [0.3, 0.4) is 0 Å². The quantitative estimate of drug-likeness (QED) is 0.164. The van der Waals surface area contributed by atoms with Gasteiger partial charge in [-0.25, -0.2) is 4.98 Å². The van der Waals surface area contributed by atoms with Crippen LogP contribution in [0, 0.1) is 0 Å². The molecule has 57 heavy (non-hydrogen) atoms. The maximum atomic E-state index is 6.01. The van der Waals surface area contributed by atoms with E-state index in [4.69, 9.17) is 4.98 Å². The van der Waals surface area contributed by atoms with Crippen LogP contribution < -0.4 is 26.2 Å². The number of benzene rings is 4. The van der Waals surface area contributed by atoms with Gasteiger partial charge in [0.1, 0.15) is 5.82 Å². The van der Waals surface area contributed by atoms with E-state index < -0.39 is 0 Å². The van der Waals surface area contributed by atoms with Gasteiger partial charge >= 0.3 is 0 Å². The Morgan fingerprint density at radius 2 is 0.877 bits per heavy atom. The van der Waals surface area contributed by atoms with Crippen molar-refractivity contribution in [2.45, 2.75) is 156 Å². The third-order valence-corrected chi connectivity index (χ3v) is 13.5. The monoisotopic (exact) mass is 756 g/mol. The molecule has 0 saturated heterocycles. The third-order valence-electron chi connectivity index (χ3n) is 13.5. The van der Waals surface area contributed by atoms with Crippen LogP contribution in [0.2, 0.25) is 0 Å². The molecule has 4 heteroatoms. The maximum Gasteiger partial charge on any atom is 0.254 e. The summed E-state index contributed by atoms with van der Waals surface area (Å²) in [7, 11) is 0. The molecule has 0 spiro atoms. The Morgan fingerprint density at radius 1 is 0.491 bits per heavy atom. The SMILES string of the molecule is CC(C)(C)c1ccc(N2c3ccc(C(C)(C)C)cc3B3c4cc(C(C)(C)C)ccc4N(c4ccc(C(C)(C)C)cc4)c4c3c2nc2c4C(C)(C)CCC2(C)C)cc1. The number of fused-ring (bicyclic) bond motifs is 6. The molecular formula is C53H66BN3. The second-order valence-electron chi connectivity index (χ2n) is 22.9. The van der Waals surface area contributed by atoms with Gasteiger partial charge in [-0.1, -0.05) is 159 Å². The van der Waals surface area contributed by atoms with Gasteiger partial charge < -0.3 is 4.90 Å². The number of nitrogens with zero attached hydrogens (tertiary/aromatic N) is 3. The topological polar surface area (TPSA) is 19.4 Å². The van der Waals surface area contributed by atoms with E-state index in [1.807, 2.05) is 0 Å². The van der Waals surface area contributed by atoms with Gasteiger partial charge in [-0.2, -0.15) is 0 Å². The highest BCUT2D eigenvalue weighted by Crippen LogP contribution is 2.54. The Morgan fingerprint density at radius 3 is 1.32 bits per heavy atom. The number of hydrogen-bond donors (Lipinski definition) is 0. The van der Waals surface area contributed by atoms with E-state index in [1.54, 1.807) is 0 Å². The number of aromatic nitrogens is 1. The highest BCUT2D eigenvalue weighted by atomic mass is 15.2. The molecule has 3 nitrogen and oxygen atoms in total. The zero-order valence-corrected chi connectivity index (χ0v) is 37.9. The smallest absolute Gasteiger partial charge is 0.254 e. The number of hydrogen-bond acceptors (Lipinski definition) is 3. The lowest BCUT2D eigenvalue weighted by atomic mass is 9.33. The molecule has 2 aliphatic heterocycles. The van der Waals surface area contributed by atoms with E-state index in [-0.39, 0.29) is 39.2 Å². The summed E-state index contributed by atoms with van der Waals surface area (Å²) in [5.74, 6) is 1.07. The lowest BCUT2D eigenvalue weighted by molar-refractivity contribution is 0.324. The highest BCUT2D eigenvalue weighted by molar-refractivity contribution is 7.00. The molecule has 5 aromatic rings. The van der Waals surface area contributed by atoms with Crippen molar-refractivity contribution in [1.29, 1.82) is 0 Å². The van der Waals surface area contributed by atoms with Crippen LogP contribution in [0.1, 0.15) is 157 Å². The van der Waals surface area contributed by atoms with Crippen molar-refractivity contribution >= 4 is 57.4 Å². The average Bonchev–Trinajstić information content (AvgIpc) is 3.11. The fourth-order valence-electron chi connectivity index (χ4n) is 9.62. The first-order valence-corrected chi connectivity index (χ1v) is 21.5. The van der Waals surface area contributed by atoms with E-state index in [0.29, 0.717) is 0 Å². The lowest BCUT2D eigenvalue weighted by Crippen LogP contribution is -2.63. The summed E-state index contributed by atoms with van der Waals surface area (Å²) < 4.78 is 0. The van der Waals surface area contributed by atoms with Crippen LogP contribution in [0.4, 0.5) is 34.3 Å². The second kappa shape index (κ2) is 12.6. The molecule has 296 valence electrons. The van der Waals surface area contributed by atoms with Crippen molar-refractivity contribution in [1.82, 2.24) is 4.98 Å². The number of rotatable bonds is 2. The van der Waals surface area contributed by atoms with Gasteiger partial charge in [-0.3, -0.25) is 4.90 Å². The molecule has 0 amide bonds. The summed E-state index contributed by atoms with van der Waals surface area (Å²) in [5, 5.41) is 0. The van der Waals surface area contributed by atoms with Gasteiger partial charge in [0.25, 0.3) is 6.71 Å². The van der Waals surface area contributed by atoms with Crippen molar-refractivity contribution < 1.29 is 0 Å². The molecule has 0 unspecified atom stereocenters. The zero-order chi connectivity index (χ0) is 41.4. The molecule has 1 aromatic heterocycles. The minimum Gasteiger partial charge on any atom is -0.311 e. The van der Waals surface area contributed by atoms with Gasteiger partial charge in [-0.05, 0) is 115 Å². The molecule has 3 heterocycles. The van der Waals surface area contributed by atoms with E-state index >= 15 is 0 Å². The molecule has 0 atom stereocenters. The molecule has 4 aromatic carbocycles. The molecule has 8 rings (SSSR count). The Balaban J connectivity index is 1.56. The Kier molecular flexibility index (Phi) is 8.73. The fourth-order valence-corrected chi connectivity index (χ4v) is 9.62. The van der Waals surface area contributed by atoms with Gasteiger partial charge in [0, 0.05) is 33.7 Å². The van der Waals surface area contributed by atoms with Gasteiger partial charge in [0.2, 0.25) is 0 Å². The van der Waals surface area contributed by atoms with Gasteiger partial charge in [0.05, 0.1) is 11.4 Å². The standard InChI is InChI=1S/C53H66BN3/c1-48(2,3)33-17-23-37(24-18-33)56-41-27-21-35(50(7,8)9)31-39(41)54-40-32-36(51(10,11)12)22-28-42(40)57(38-25-19-34(20-26-38)49(4,5)6)47-44(54)45(56)43-46(55-47)53(15,16)30-29-52(43,13)14/h17-28,31-32H,29-30H2,1-16H3. The van der Waals surface area contributed by atoms with E-state index in [9.17, 15) is 0 Å². The summed E-state index contributed by atoms with van der Waals surface area (Å²) in [6.07, 6.45) is 2.21. The van der Waals surface area contributed by atoms with E-state index in [2.05, 4.69) is 206 Å². The Labute approximate surface area is 345 Å². The zero-order valence-electron chi connectivity index (χ0n) is 37.9. The Bertz CT molecular complexity index is 2360. The van der Waals surface area contributed by atoms with Crippen molar-refractivity contribution in [2.24, 2.45) is 0 Å². The molecule has 0 saturated carbocycles. The van der Waals surface area contributed by atoms with E-state index in [0.717, 1.165) is 24.3 Å². The first-order valence-electron chi connectivity index (χ1n) is 21.5. The third kappa shape index (κ3) is 6.45.